The molecule has 1 aromatic heterocycles. The Kier molecular flexibility index (Phi) is 5.57. The Balaban J connectivity index is 1.33. The van der Waals surface area contributed by atoms with E-state index in [2.05, 4.69) is 20.0 Å². The largest absolute Gasteiger partial charge is 0.424 e. The molecule has 1 atom stereocenters. The maximum Gasteiger partial charge on any atom is 0.230 e. The zero-order valence-corrected chi connectivity index (χ0v) is 16.0. The Labute approximate surface area is 156 Å². The number of carbonyl (C=O) groups is 1. The van der Waals surface area contributed by atoms with Crippen molar-refractivity contribution in [3.63, 3.8) is 0 Å². The predicted molar refractivity (Wildman–Crippen MR) is 98.4 cm³/mol. The maximum atomic E-state index is 12.8. The van der Waals surface area contributed by atoms with Crippen LogP contribution in [0.2, 0.25) is 0 Å². The van der Waals surface area contributed by atoms with Crippen LogP contribution in [0.4, 0.5) is 0 Å². The fraction of sp³-hybridized carbons (Fsp3) is 0.850. The van der Waals surface area contributed by atoms with Crippen LogP contribution in [0.5, 0.6) is 0 Å². The zero-order valence-electron chi connectivity index (χ0n) is 16.0. The third kappa shape index (κ3) is 4.11. The molecule has 4 rings (SSSR count). The van der Waals surface area contributed by atoms with Gasteiger partial charge in [0.1, 0.15) is 0 Å². The smallest absolute Gasteiger partial charge is 0.230 e. The fourth-order valence-electron chi connectivity index (χ4n) is 4.64. The van der Waals surface area contributed by atoms with E-state index in [1.165, 1.54) is 38.5 Å². The summed E-state index contributed by atoms with van der Waals surface area (Å²) in [6.45, 7) is 5.91. The molecule has 26 heavy (non-hydrogen) atoms. The lowest BCUT2D eigenvalue weighted by Crippen LogP contribution is -2.48. The van der Waals surface area contributed by atoms with Crippen LogP contribution >= 0.6 is 0 Å². The number of aryl methyl sites for hydroxylation is 1. The molecule has 0 radical (unpaired) electrons. The minimum Gasteiger partial charge on any atom is -0.424 e. The number of likely N-dealkylation sites (tertiary alicyclic amines) is 2. The number of hydrogen-bond acceptors (Lipinski definition) is 5. The molecule has 3 aliphatic rings. The van der Waals surface area contributed by atoms with Crippen LogP contribution < -0.4 is 0 Å². The molecule has 0 aromatic carbocycles. The van der Waals surface area contributed by atoms with Crippen molar-refractivity contribution in [1.29, 1.82) is 0 Å². The van der Waals surface area contributed by atoms with Gasteiger partial charge in [-0.25, -0.2) is 0 Å². The third-order valence-corrected chi connectivity index (χ3v) is 6.36. The molecule has 6 heteroatoms. The monoisotopic (exact) mass is 360 g/mol. The SMILES string of the molecule is CCc1nnc(CN2CCC([C@@H]3CCCCCN3C(=O)C3CC3)CC2)o1. The maximum absolute atomic E-state index is 12.8. The second-order valence-corrected chi connectivity index (χ2v) is 8.28. The first-order valence-electron chi connectivity index (χ1n) is 10.6. The molecule has 2 saturated heterocycles. The van der Waals surface area contributed by atoms with E-state index in [1.807, 2.05) is 6.92 Å². The minimum atomic E-state index is 0.348. The summed E-state index contributed by atoms with van der Waals surface area (Å²) in [6.07, 6.45) is 10.3. The molecule has 1 aliphatic carbocycles. The van der Waals surface area contributed by atoms with Gasteiger partial charge in [0.25, 0.3) is 0 Å². The Morgan fingerprint density at radius 1 is 1.00 bits per heavy atom. The number of rotatable bonds is 5. The van der Waals surface area contributed by atoms with Crippen molar-refractivity contribution in [1.82, 2.24) is 20.0 Å². The molecule has 0 N–H and O–H groups in total. The highest BCUT2D eigenvalue weighted by molar-refractivity contribution is 5.81. The van der Waals surface area contributed by atoms with Crippen molar-refractivity contribution < 1.29 is 9.21 Å². The summed E-state index contributed by atoms with van der Waals surface area (Å²) < 4.78 is 5.66. The van der Waals surface area contributed by atoms with E-state index in [0.29, 0.717) is 23.8 Å². The number of aromatic nitrogens is 2. The number of carbonyl (C=O) groups excluding carboxylic acids is 1. The normalized spacial score (nSPS) is 26.0. The van der Waals surface area contributed by atoms with Gasteiger partial charge < -0.3 is 9.32 Å². The Morgan fingerprint density at radius 3 is 2.46 bits per heavy atom. The van der Waals surface area contributed by atoms with Crippen molar-refractivity contribution in [2.75, 3.05) is 19.6 Å². The summed E-state index contributed by atoms with van der Waals surface area (Å²) >= 11 is 0. The number of piperidine rings is 1. The number of hydrogen-bond donors (Lipinski definition) is 0. The molecule has 3 heterocycles. The molecular weight excluding hydrogens is 328 g/mol. The average Bonchev–Trinajstić information content (AvgIpc) is 3.46. The fourth-order valence-corrected chi connectivity index (χ4v) is 4.64. The van der Waals surface area contributed by atoms with Crippen LogP contribution in [0.3, 0.4) is 0 Å². The number of amides is 1. The molecule has 1 saturated carbocycles. The van der Waals surface area contributed by atoms with E-state index in [-0.39, 0.29) is 0 Å². The van der Waals surface area contributed by atoms with Crippen molar-refractivity contribution in [2.45, 2.75) is 77.3 Å². The van der Waals surface area contributed by atoms with Gasteiger partial charge in [0, 0.05) is 24.9 Å². The van der Waals surface area contributed by atoms with Crippen molar-refractivity contribution in [2.24, 2.45) is 11.8 Å². The summed E-state index contributed by atoms with van der Waals surface area (Å²) in [6, 6.07) is 0.475. The average molecular weight is 361 g/mol. The summed E-state index contributed by atoms with van der Waals surface area (Å²) in [5.74, 6) is 2.92. The zero-order chi connectivity index (χ0) is 17.9. The highest BCUT2D eigenvalue weighted by Crippen LogP contribution is 2.36. The first-order valence-corrected chi connectivity index (χ1v) is 10.6. The third-order valence-electron chi connectivity index (χ3n) is 6.36. The molecule has 0 bridgehead atoms. The summed E-state index contributed by atoms with van der Waals surface area (Å²) in [5.41, 5.74) is 0. The van der Waals surface area contributed by atoms with E-state index in [1.54, 1.807) is 0 Å². The topological polar surface area (TPSA) is 62.5 Å². The Morgan fingerprint density at radius 2 is 1.77 bits per heavy atom. The van der Waals surface area contributed by atoms with E-state index in [4.69, 9.17) is 4.42 Å². The summed E-state index contributed by atoms with van der Waals surface area (Å²) in [7, 11) is 0. The standard InChI is InChI=1S/C20H32N4O2/c1-2-18-21-22-19(26-18)14-23-12-9-15(10-13-23)17-6-4-3-5-11-24(17)20(25)16-7-8-16/h15-17H,2-14H2,1H3/t17-/m0/s1. The van der Waals surface area contributed by atoms with Gasteiger partial charge in [-0.2, -0.15) is 0 Å². The minimum absolute atomic E-state index is 0.348. The predicted octanol–water partition coefficient (Wildman–Crippen LogP) is 3.03. The molecule has 0 spiro atoms. The molecule has 0 unspecified atom stereocenters. The Hall–Kier alpha value is -1.43. The molecule has 144 valence electrons. The first kappa shape index (κ1) is 18.0. The molecule has 3 fully saturated rings. The summed E-state index contributed by atoms with van der Waals surface area (Å²) in [4.78, 5) is 17.5. The van der Waals surface area contributed by atoms with Gasteiger partial charge in [0.05, 0.1) is 6.54 Å². The lowest BCUT2D eigenvalue weighted by molar-refractivity contribution is -0.136. The molecule has 1 aromatic rings. The quantitative estimate of drug-likeness (QED) is 0.808. The molecule has 1 amide bonds. The van der Waals surface area contributed by atoms with Crippen LogP contribution in [0, 0.1) is 11.8 Å². The van der Waals surface area contributed by atoms with Crippen molar-refractivity contribution >= 4 is 5.91 Å². The highest BCUT2D eigenvalue weighted by Gasteiger charge is 2.39. The van der Waals surface area contributed by atoms with E-state index < -0.39 is 0 Å². The van der Waals surface area contributed by atoms with Crippen LogP contribution in [-0.2, 0) is 17.8 Å². The van der Waals surface area contributed by atoms with Gasteiger partial charge in [-0.15, -0.1) is 10.2 Å². The van der Waals surface area contributed by atoms with Gasteiger partial charge in [-0.3, -0.25) is 9.69 Å². The van der Waals surface area contributed by atoms with Gasteiger partial charge >= 0.3 is 0 Å². The van der Waals surface area contributed by atoms with E-state index >= 15 is 0 Å². The first-order chi connectivity index (χ1) is 12.7. The summed E-state index contributed by atoms with van der Waals surface area (Å²) in [5, 5.41) is 8.22. The highest BCUT2D eigenvalue weighted by atomic mass is 16.4. The van der Waals surface area contributed by atoms with Crippen LogP contribution in [0.25, 0.3) is 0 Å². The van der Waals surface area contributed by atoms with E-state index in [9.17, 15) is 4.79 Å². The van der Waals surface area contributed by atoms with Crippen molar-refractivity contribution in [3.8, 4) is 0 Å². The second-order valence-electron chi connectivity index (χ2n) is 8.28. The second kappa shape index (κ2) is 8.07. The van der Waals surface area contributed by atoms with Gasteiger partial charge in [0.15, 0.2) is 0 Å². The lowest BCUT2D eigenvalue weighted by atomic mass is 9.86. The van der Waals surface area contributed by atoms with Gasteiger partial charge in [0.2, 0.25) is 17.7 Å². The lowest BCUT2D eigenvalue weighted by Gasteiger charge is -2.40. The Bertz CT molecular complexity index is 605. The van der Waals surface area contributed by atoms with Gasteiger partial charge in [-0.05, 0) is 57.5 Å². The van der Waals surface area contributed by atoms with Gasteiger partial charge in [-0.1, -0.05) is 19.8 Å². The molecule has 2 aliphatic heterocycles. The molecular formula is C20H32N4O2. The van der Waals surface area contributed by atoms with Crippen LogP contribution in [0.15, 0.2) is 4.42 Å². The van der Waals surface area contributed by atoms with E-state index in [0.717, 1.165) is 57.2 Å². The number of nitrogens with zero attached hydrogens (tertiary/aromatic N) is 4. The van der Waals surface area contributed by atoms with Crippen LogP contribution in [0.1, 0.15) is 70.1 Å². The molecule has 6 nitrogen and oxygen atoms in total. The van der Waals surface area contributed by atoms with Crippen molar-refractivity contribution in [3.05, 3.63) is 11.8 Å². The van der Waals surface area contributed by atoms with Crippen LogP contribution in [-0.4, -0.2) is 51.6 Å².